The number of hydrogen-bond donors (Lipinski definition) is 0. The molecule has 0 spiro atoms. The number of benzene rings is 2. The predicted octanol–water partition coefficient (Wildman–Crippen LogP) is 3.96. The number of amides is 1. The van der Waals surface area contributed by atoms with Crippen molar-refractivity contribution in [1.29, 1.82) is 0 Å². The third-order valence-corrected chi connectivity index (χ3v) is 11.5. The summed E-state index contributed by atoms with van der Waals surface area (Å²) in [6.45, 7) is 12.5. The van der Waals surface area contributed by atoms with Crippen LogP contribution in [-0.4, -0.2) is 56.2 Å². The molecule has 1 aliphatic heterocycles. The number of likely N-dealkylation sites (tertiary alicyclic amines) is 1. The summed E-state index contributed by atoms with van der Waals surface area (Å²) >= 11 is 0. The number of ether oxygens (including phenoxy) is 1. The normalized spacial score (nSPS) is 19.2. The van der Waals surface area contributed by atoms with Gasteiger partial charge in [-0.15, -0.1) is 0 Å². The number of carbonyl (C=O) groups is 3. The lowest BCUT2D eigenvalue weighted by atomic mass is 9.90. The van der Waals surface area contributed by atoms with Gasteiger partial charge in [0.25, 0.3) is 8.32 Å². The van der Waals surface area contributed by atoms with Crippen molar-refractivity contribution >= 4 is 36.9 Å². The highest BCUT2D eigenvalue weighted by Crippen LogP contribution is 2.39. The number of hydrogen-bond acceptors (Lipinski definition) is 5. The molecule has 2 aromatic carbocycles. The van der Waals surface area contributed by atoms with Crippen molar-refractivity contribution in [1.82, 2.24) is 4.90 Å². The maximum absolute atomic E-state index is 12.9. The summed E-state index contributed by atoms with van der Waals surface area (Å²) < 4.78 is 12.8. The third kappa shape index (κ3) is 5.90. The molecule has 0 aliphatic carbocycles. The second kappa shape index (κ2) is 10.5. The Labute approximate surface area is 209 Å². The molecule has 2 unspecified atom stereocenters. The maximum atomic E-state index is 12.9. The molecule has 188 valence electrons. The molecule has 0 N–H and O–H groups in total. The smallest absolute Gasteiger partial charge is 0.410 e. The van der Waals surface area contributed by atoms with Crippen LogP contribution in [0, 0.1) is 5.92 Å². The predicted molar refractivity (Wildman–Crippen MR) is 139 cm³/mol. The van der Waals surface area contributed by atoms with Crippen LogP contribution in [-0.2, 0) is 18.8 Å². The average molecular weight is 496 g/mol. The van der Waals surface area contributed by atoms with E-state index in [0.29, 0.717) is 19.3 Å². The molecule has 1 aliphatic rings. The summed E-state index contributed by atoms with van der Waals surface area (Å²) in [5.74, 6) is -1.11. The van der Waals surface area contributed by atoms with Gasteiger partial charge in [-0.05, 0) is 42.6 Å². The lowest BCUT2D eigenvalue weighted by Crippen LogP contribution is -2.69. The Bertz CT molecular complexity index is 987. The zero-order valence-corrected chi connectivity index (χ0v) is 22.6. The average Bonchev–Trinajstić information content (AvgIpc) is 2.81. The zero-order chi connectivity index (χ0) is 25.9. The van der Waals surface area contributed by atoms with Crippen LogP contribution >= 0.6 is 0 Å². The van der Waals surface area contributed by atoms with E-state index in [4.69, 9.17) is 9.16 Å². The van der Waals surface area contributed by atoms with Gasteiger partial charge in [0, 0.05) is 13.1 Å². The number of rotatable bonds is 6. The van der Waals surface area contributed by atoms with E-state index in [9.17, 15) is 14.4 Å². The van der Waals surface area contributed by atoms with Crippen LogP contribution in [0.4, 0.5) is 4.79 Å². The van der Waals surface area contributed by atoms with Crippen LogP contribution in [0.15, 0.2) is 60.7 Å². The molecule has 0 saturated carbocycles. The van der Waals surface area contributed by atoms with E-state index in [2.05, 4.69) is 45.0 Å². The minimum absolute atomic E-state index is 0.184. The number of carbonyl (C=O) groups excluding carboxylic acids is 3. The quantitative estimate of drug-likeness (QED) is 0.345. The summed E-state index contributed by atoms with van der Waals surface area (Å²) in [7, 11) is -3.00. The largest absolute Gasteiger partial charge is 0.444 e. The van der Waals surface area contributed by atoms with Gasteiger partial charge in [-0.1, -0.05) is 81.4 Å². The van der Waals surface area contributed by atoms with E-state index in [1.165, 1.54) is 0 Å². The Hall–Kier alpha value is -2.77. The van der Waals surface area contributed by atoms with Crippen LogP contribution in [0.1, 0.15) is 48.0 Å². The van der Waals surface area contributed by atoms with E-state index >= 15 is 0 Å². The molecule has 0 bridgehead atoms. The molecule has 0 aromatic heterocycles. The summed E-state index contributed by atoms with van der Waals surface area (Å²) in [5, 5.41) is 1.84. The molecular formula is C28H37NO5Si. The second-order valence-electron chi connectivity index (χ2n) is 11.2. The molecule has 0 radical (unpaired) electrons. The standard InChI is InChI=1S/C28H37NO5Si/c1-27(2,3)33-26(32)29-18-17-23(24(31)20-30)25(19-29)34-35(28(4,5)6,21-13-9-7-10-14-21)22-15-11-8-12-16-22/h7-16,20,23,25H,17-19H2,1-6H3. The first-order valence-electron chi connectivity index (χ1n) is 12.1. The van der Waals surface area contributed by atoms with Crippen molar-refractivity contribution in [2.75, 3.05) is 13.1 Å². The minimum Gasteiger partial charge on any atom is -0.444 e. The summed E-state index contributed by atoms with van der Waals surface area (Å²) in [6.07, 6.45) is -0.347. The molecule has 6 nitrogen and oxygen atoms in total. The van der Waals surface area contributed by atoms with Crippen molar-refractivity contribution in [2.45, 2.75) is 64.7 Å². The molecule has 1 saturated heterocycles. The van der Waals surface area contributed by atoms with Gasteiger partial charge < -0.3 is 14.1 Å². The molecule has 1 amide bonds. The molecule has 35 heavy (non-hydrogen) atoms. The fraction of sp³-hybridized carbons (Fsp3) is 0.464. The van der Waals surface area contributed by atoms with E-state index in [0.717, 1.165) is 10.4 Å². The van der Waals surface area contributed by atoms with Crippen LogP contribution < -0.4 is 10.4 Å². The van der Waals surface area contributed by atoms with Crippen molar-refractivity contribution in [3.8, 4) is 0 Å². The lowest BCUT2D eigenvalue weighted by Gasteiger charge is -2.48. The van der Waals surface area contributed by atoms with Crippen molar-refractivity contribution in [3.63, 3.8) is 0 Å². The van der Waals surface area contributed by atoms with Crippen molar-refractivity contribution in [3.05, 3.63) is 60.7 Å². The van der Waals surface area contributed by atoms with Crippen LogP contribution in [0.5, 0.6) is 0 Å². The van der Waals surface area contributed by atoms with Gasteiger partial charge in [0.2, 0.25) is 5.78 Å². The maximum Gasteiger partial charge on any atom is 0.410 e. The van der Waals surface area contributed by atoms with Gasteiger partial charge in [0.15, 0.2) is 6.29 Å². The first-order chi connectivity index (χ1) is 16.4. The van der Waals surface area contributed by atoms with E-state index < -0.39 is 37.8 Å². The summed E-state index contributed by atoms with van der Waals surface area (Å²) in [6, 6.07) is 20.2. The number of ketones is 1. The zero-order valence-electron chi connectivity index (χ0n) is 21.6. The van der Waals surface area contributed by atoms with Crippen LogP contribution in [0.25, 0.3) is 0 Å². The second-order valence-corrected chi connectivity index (χ2v) is 15.4. The molecule has 3 rings (SSSR count). The minimum atomic E-state index is -3.00. The van der Waals surface area contributed by atoms with Crippen molar-refractivity contribution < 1.29 is 23.5 Å². The Morgan fingerprint density at radius 1 is 0.914 bits per heavy atom. The highest BCUT2D eigenvalue weighted by molar-refractivity contribution is 6.99. The number of nitrogens with zero attached hydrogens (tertiary/aromatic N) is 1. The molecule has 7 heteroatoms. The van der Waals surface area contributed by atoms with Crippen LogP contribution in [0.2, 0.25) is 5.04 Å². The SMILES string of the molecule is CC(C)(C)OC(=O)N1CCC(C(=O)C=O)C(O[Si](c2ccccc2)(c2ccccc2)C(C)(C)C)C1. The Kier molecular flexibility index (Phi) is 8.02. The van der Waals surface area contributed by atoms with Gasteiger partial charge in [0.05, 0.1) is 12.0 Å². The summed E-state index contributed by atoms with van der Waals surface area (Å²) in [5.41, 5.74) is -0.638. The molecule has 2 aromatic rings. The van der Waals surface area contributed by atoms with Gasteiger partial charge in [-0.2, -0.15) is 0 Å². The fourth-order valence-corrected chi connectivity index (χ4v) is 9.57. The number of piperidine rings is 1. The lowest BCUT2D eigenvalue weighted by molar-refractivity contribution is -0.136. The van der Waals surface area contributed by atoms with Crippen LogP contribution in [0.3, 0.4) is 0 Å². The molecule has 2 atom stereocenters. The Balaban J connectivity index is 2.11. The Morgan fingerprint density at radius 3 is 1.86 bits per heavy atom. The highest BCUT2D eigenvalue weighted by Gasteiger charge is 2.53. The fourth-order valence-electron chi connectivity index (χ4n) is 4.86. The number of aldehydes is 1. The van der Waals surface area contributed by atoms with Gasteiger partial charge >= 0.3 is 6.09 Å². The van der Waals surface area contributed by atoms with E-state index in [1.54, 1.807) is 4.90 Å². The monoisotopic (exact) mass is 495 g/mol. The Morgan fingerprint density at radius 2 is 1.43 bits per heavy atom. The van der Waals surface area contributed by atoms with E-state index in [1.807, 2.05) is 57.2 Å². The highest BCUT2D eigenvalue weighted by atomic mass is 28.4. The first-order valence-corrected chi connectivity index (χ1v) is 14.1. The van der Waals surface area contributed by atoms with E-state index in [-0.39, 0.29) is 11.6 Å². The summed E-state index contributed by atoms with van der Waals surface area (Å²) in [4.78, 5) is 38.8. The first kappa shape index (κ1) is 26.8. The number of Topliss-reactive ketones (excluding diaryl/α,β-unsaturated/α-hetero) is 1. The molecular weight excluding hydrogens is 458 g/mol. The topological polar surface area (TPSA) is 72.9 Å². The van der Waals surface area contributed by atoms with Gasteiger partial charge in [-0.25, -0.2) is 4.79 Å². The van der Waals surface area contributed by atoms with Gasteiger partial charge in [0.1, 0.15) is 5.60 Å². The molecule has 1 heterocycles. The van der Waals surface area contributed by atoms with Gasteiger partial charge in [-0.3, -0.25) is 9.59 Å². The third-order valence-electron chi connectivity index (χ3n) is 6.44. The molecule has 1 fully saturated rings. The van der Waals surface area contributed by atoms with Crippen molar-refractivity contribution in [2.24, 2.45) is 5.92 Å².